The standard InChI is InChI=1S/C23H24O4/c1-15-21(26-14-16-7-6-8-17(13-16)25-2)12-11-19-18-9-4-3-5-10-20(18)23(24)27-22(15)19/h6-8,11-13H,3-5,9-10,14H2,1-2H3. The number of rotatable bonds is 4. The molecule has 1 aromatic heterocycles. The van der Waals surface area contributed by atoms with Crippen LogP contribution in [0.25, 0.3) is 11.0 Å². The van der Waals surface area contributed by atoms with Crippen LogP contribution in [0.5, 0.6) is 11.5 Å². The Kier molecular flexibility index (Phi) is 4.88. The van der Waals surface area contributed by atoms with E-state index in [1.54, 1.807) is 7.11 Å². The van der Waals surface area contributed by atoms with Crippen LogP contribution in [0.2, 0.25) is 0 Å². The highest BCUT2D eigenvalue weighted by Crippen LogP contribution is 2.32. The van der Waals surface area contributed by atoms with Gasteiger partial charge in [0.05, 0.1) is 7.11 Å². The molecule has 27 heavy (non-hydrogen) atoms. The molecule has 0 atom stereocenters. The molecule has 0 saturated heterocycles. The van der Waals surface area contributed by atoms with Crippen molar-refractivity contribution in [1.29, 1.82) is 0 Å². The number of ether oxygens (including phenoxy) is 2. The molecule has 0 fully saturated rings. The maximum absolute atomic E-state index is 12.5. The van der Waals surface area contributed by atoms with E-state index in [0.29, 0.717) is 12.2 Å². The smallest absolute Gasteiger partial charge is 0.339 e. The molecule has 2 aromatic carbocycles. The van der Waals surface area contributed by atoms with E-state index < -0.39 is 0 Å². The van der Waals surface area contributed by atoms with Gasteiger partial charge >= 0.3 is 5.63 Å². The monoisotopic (exact) mass is 364 g/mol. The summed E-state index contributed by atoms with van der Waals surface area (Å²) in [7, 11) is 1.65. The van der Waals surface area contributed by atoms with E-state index >= 15 is 0 Å². The molecular formula is C23H24O4. The minimum absolute atomic E-state index is 0.188. The molecular weight excluding hydrogens is 340 g/mol. The Morgan fingerprint density at radius 3 is 2.67 bits per heavy atom. The summed E-state index contributed by atoms with van der Waals surface area (Å²) in [5.74, 6) is 1.54. The third-order valence-corrected chi connectivity index (χ3v) is 5.37. The maximum atomic E-state index is 12.5. The molecule has 0 spiro atoms. The van der Waals surface area contributed by atoms with Crippen LogP contribution in [-0.4, -0.2) is 7.11 Å². The highest BCUT2D eigenvalue weighted by Gasteiger charge is 2.19. The minimum Gasteiger partial charge on any atom is -0.497 e. The number of fused-ring (bicyclic) bond motifs is 3. The summed E-state index contributed by atoms with van der Waals surface area (Å²) in [6.07, 6.45) is 5.11. The van der Waals surface area contributed by atoms with Gasteiger partial charge in [-0.25, -0.2) is 4.79 Å². The lowest BCUT2D eigenvalue weighted by Crippen LogP contribution is -2.11. The number of methoxy groups -OCH3 is 1. The molecule has 3 aromatic rings. The summed E-state index contributed by atoms with van der Waals surface area (Å²) >= 11 is 0. The highest BCUT2D eigenvalue weighted by molar-refractivity contribution is 5.86. The number of hydrogen-bond acceptors (Lipinski definition) is 4. The SMILES string of the molecule is COc1cccc(COc2ccc3c4c(c(=O)oc3c2C)CCCCC4)c1. The van der Waals surface area contributed by atoms with E-state index in [1.807, 2.05) is 43.3 Å². The molecule has 0 N–H and O–H groups in total. The molecule has 1 heterocycles. The van der Waals surface area contributed by atoms with E-state index in [9.17, 15) is 4.79 Å². The van der Waals surface area contributed by atoms with Crippen LogP contribution < -0.4 is 15.1 Å². The molecule has 4 heteroatoms. The summed E-state index contributed by atoms with van der Waals surface area (Å²) in [6, 6.07) is 11.8. The number of hydrogen-bond donors (Lipinski definition) is 0. The summed E-state index contributed by atoms with van der Waals surface area (Å²) in [6.45, 7) is 2.38. The molecule has 0 radical (unpaired) electrons. The topological polar surface area (TPSA) is 48.7 Å². The number of benzene rings is 2. The van der Waals surface area contributed by atoms with Gasteiger partial charge in [-0.1, -0.05) is 18.6 Å². The van der Waals surface area contributed by atoms with Crippen molar-refractivity contribution in [2.75, 3.05) is 7.11 Å². The van der Waals surface area contributed by atoms with Gasteiger partial charge in [-0.05, 0) is 68.0 Å². The fourth-order valence-corrected chi connectivity index (χ4v) is 3.88. The van der Waals surface area contributed by atoms with Gasteiger partial charge < -0.3 is 13.9 Å². The van der Waals surface area contributed by atoms with Crippen LogP contribution in [0.1, 0.15) is 41.5 Å². The molecule has 0 aliphatic heterocycles. The maximum Gasteiger partial charge on any atom is 0.339 e. The zero-order valence-corrected chi connectivity index (χ0v) is 15.8. The second-order valence-electron chi connectivity index (χ2n) is 7.11. The molecule has 4 rings (SSSR count). The Morgan fingerprint density at radius 2 is 1.85 bits per heavy atom. The average Bonchev–Trinajstić information content (AvgIpc) is 2.95. The van der Waals surface area contributed by atoms with Crippen molar-refractivity contribution in [1.82, 2.24) is 0 Å². The Hall–Kier alpha value is -2.75. The van der Waals surface area contributed by atoms with Crippen LogP contribution in [0.15, 0.2) is 45.6 Å². The summed E-state index contributed by atoms with van der Waals surface area (Å²) in [5, 5.41) is 1.05. The molecule has 0 bridgehead atoms. The first-order valence-electron chi connectivity index (χ1n) is 9.51. The van der Waals surface area contributed by atoms with Gasteiger partial charge in [-0.3, -0.25) is 0 Å². The van der Waals surface area contributed by atoms with E-state index in [1.165, 1.54) is 5.56 Å². The van der Waals surface area contributed by atoms with Gasteiger partial charge in [0.15, 0.2) is 0 Å². The first kappa shape index (κ1) is 17.7. The predicted molar refractivity (Wildman–Crippen MR) is 106 cm³/mol. The van der Waals surface area contributed by atoms with Crippen LogP contribution in [0, 0.1) is 6.92 Å². The van der Waals surface area contributed by atoms with E-state index in [2.05, 4.69) is 0 Å². The Morgan fingerprint density at radius 1 is 1.04 bits per heavy atom. The Balaban J connectivity index is 1.69. The van der Waals surface area contributed by atoms with Crippen molar-refractivity contribution in [3.63, 3.8) is 0 Å². The van der Waals surface area contributed by atoms with Crippen molar-refractivity contribution in [2.45, 2.75) is 45.6 Å². The van der Waals surface area contributed by atoms with Gasteiger partial charge in [-0.2, -0.15) is 0 Å². The number of aryl methyl sites for hydroxylation is 2. The van der Waals surface area contributed by atoms with Crippen LogP contribution in [0.4, 0.5) is 0 Å². The van der Waals surface area contributed by atoms with Crippen LogP contribution in [-0.2, 0) is 19.4 Å². The third kappa shape index (κ3) is 3.44. The second kappa shape index (κ2) is 7.47. The Bertz CT molecular complexity index is 1030. The zero-order valence-electron chi connectivity index (χ0n) is 15.8. The van der Waals surface area contributed by atoms with Crippen molar-refractivity contribution in [3.05, 3.63) is 69.1 Å². The van der Waals surface area contributed by atoms with Crippen molar-refractivity contribution in [3.8, 4) is 11.5 Å². The average molecular weight is 364 g/mol. The zero-order chi connectivity index (χ0) is 18.8. The lowest BCUT2D eigenvalue weighted by Gasteiger charge is -2.14. The Labute approximate surface area is 158 Å². The first-order chi connectivity index (χ1) is 13.2. The van der Waals surface area contributed by atoms with Gasteiger partial charge in [-0.15, -0.1) is 0 Å². The molecule has 1 aliphatic carbocycles. The van der Waals surface area contributed by atoms with Gasteiger partial charge in [0.1, 0.15) is 23.7 Å². The highest BCUT2D eigenvalue weighted by atomic mass is 16.5. The largest absolute Gasteiger partial charge is 0.497 e. The van der Waals surface area contributed by atoms with Gasteiger partial charge in [0, 0.05) is 16.5 Å². The fourth-order valence-electron chi connectivity index (χ4n) is 3.88. The quantitative estimate of drug-likeness (QED) is 0.485. The third-order valence-electron chi connectivity index (χ3n) is 5.37. The van der Waals surface area contributed by atoms with E-state index in [-0.39, 0.29) is 5.63 Å². The molecule has 4 nitrogen and oxygen atoms in total. The van der Waals surface area contributed by atoms with E-state index in [4.69, 9.17) is 13.9 Å². The summed E-state index contributed by atoms with van der Waals surface area (Å²) < 4.78 is 17.0. The molecule has 0 saturated carbocycles. The second-order valence-corrected chi connectivity index (χ2v) is 7.11. The minimum atomic E-state index is -0.188. The molecule has 1 aliphatic rings. The lowest BCUT2D eigenvalue weighted by molar-refractivity contribution is 0.303. The molecule has 0 amide bonds. The molecule has 0 unspecified atom stereocenters. The molecule has 140 valence electrons. The normalized spacial score (nSPS) is 13.9. The van der Waals surface area contributed by atoms with Gasteiger partial charge in [0.25, 0.3) is 0 Å². The first-order valence-corrected chi connectivity index (χ1v) is 9.51. The summed E-state index contributed by atoms with van der Waals surface area (Å²) in [5.41, 5.74) is 4.40. The van der Waals surface area contributed by atoms with Crippen molar-refractivity contribution < 1.29 is 13.9 Å². The van der Waals surface area contributed by atoms with Crippen LogP contribution >= 0.6 is 0 Å². The van der Waals surface area contributed by atoms with Gasteiger partial charge in [0.2, 0.25) is 0 Å². The van der Waals surface area contributed by atoms with E-state index in [0.717, 1.165) is 65.7 Å². The fraction of sp³-hybridized carbons (Fsp3) is 0.348. The summed E-state index contributed by atoms with van der Waals surface area (Å²) in [4.78, 5) is 12.5. The lowest BCUT2D eigenvalue weighted by atomic mass is 9.98. The van der Waals surface area contributed by atoms with Crippen molar-refractivity contribution in [2.24, 2.45) is 0 Å². The van der Waals surface area contributed by atoms with Crippen LogP contribution in [0.3, 0.4) is 0 Å². The van der Waals surface area contributed by atoms with Crippen molar-refractivity contribution >= 4 is 11.0 Å². The predicted octanol–water partition coefficient (Wildman–Crippen LogP) is 4.96.